The summed E-state index contributed by atoms with van der Waals surface area (Å²) in [4.78, 5) is 2.38. The summed E-state index contributed by atoms with van der Waals surface area (Å²) < 4.78 is 5.86. The molecule has 3 heteroatoms. The van der Waals surface area contributed by atoms with E-state index in [1.54, 1.807) is 0 Å². The molecule has 110 valence electrons. The molecule has 0 bridgehead atoms. The maximum absolute atomic E-state index is 5.92. The van der Waals surface area contributed by atoms with Gasteiger partial charge in [-0.15, -0.1) is 0 Å². The molecule has 0 unspecified atom stereocenters. The third kappa shape index (κ3) is 3.30. The number of aryl methyl sites for hydroxylation is 2. The van der Waals surface area contributed by atoms with Crippen molar-refractivity contribution in [3.8, 4) is 5.75 Å². The highest BCUT2D eigenvalue weighted by Crippen LogP contribution is 2.28. The summed E-state index contributed by atoms with van der Waals surface area (Å²) in [6.45, 7) is 4.74. The van der Waals surface area contributed by atoms with Crippen LogP contribution in [-0.4, -0.2) is 19.7 Å². The van der Waals surface area contributed by atoms with Gasteiger partial charge in [0.05, 0.1) is 6.54 Å². The molecule has 0 saturated heterocycles. The van der Waals surface area contributed by atoms with E-state index in [1.165, 1.54) is 23.2 Å². The van der Waals surface area contributed by atoms with Crippen molar-refractivity contribution in [3.05, 3.63) is 53.6 Å². The van der Waals surface area contributed by atoms with Crippen molar-refractivity contribution in [1.29, 1.82) is 0 Å². The van der Waals surface area contributed by atoms with Crippen molar-refractivity contribution in [3.63, 3.8) is 0 Å². The predicted molar refractivity (Wildman–Crippen MR) is 88.1 cm³/mol. The van der Waals surface area contributed by atoms with Crippen LogP contribution in [0.4, 0.5) is 11.4 Å². The fourth-order valence-corrected chi connectivity index (χ4v) is 2.88. The Morgan fingerprint density at radius 2 is 2.10 bits per heavy atom. The zero-order valence-electron chi connectivity index (χ0n) is 12.5. The van der Waals surface area contributed by atoms with Gasteiger partial charge in [-0.3, -0.25) is 0 Å². The fourth-order valence-electron chi connectivity index (χ4n) is 2.88. The number of hydrogen-bond donors (Lipinski definition) is 1. The van der Waals surface area contributed by atoms with Crippen LogP contribution in [0.1, 0.15) is 17.5 Å². The van der Waals surface area contributed by atoms with Crippen LogP contribution < -0.4 is 15.4 Å². The Hall–Kier alpha value is -2.16. The summed E-state index contributed by atoms with van der Waals surface area (Å²) in [5.74, 6) is 0.944. The minimum atomic E-state index is 0.692. The van der Waals surface area contributed by atoms with Gasteiger partial charge in [-0.2, -0.15) is 0 Å². The Labute approximate surface area is 126 Å². The first-order valence-electron chi connectivity index (χ1n) is 7.55. The number of nitrogens with two attached hydrogens (primary N) is 1. The van der Waals surface area contributed by atoms with Crippen LogP contribution >= 0.6 is 0 Å². The molecule has 0 atom stereocenters. The SMILES string of the molecule is Cc1cccc(OCCN2CCCc3ccc(N)cc32)c1. The molecule has 1 heterocycles. The predicted octanol–water partition coefficient (Wildman–Crippen LogP) is 3.41. The van der Waals surface area contributed by atoms with Gasteiger partial charge in [0, 0.05) is 17.9 Å². The average Bonchev–Trinajstić information content (AvgIpc) is 2.48. The maximum Gasteiger partial charge on any atom is 0.119 e. The van der Waals surface area contributed by atoms with Crippen molar-refractivity contribution >= 4 is 11.4 Å². The first-order chi connectivity index (χ1) is 10.2. The van der Waals surface area contributed by atoms with Crippen LogP contribution in [0.25, 0.3) is 0 Å². The van der Waals surface area contributed by atoms with E-state index in [2.05, 4.69) is 36.1 Å². The van der Waals surface area contributed by atoms with Crippen molar-refractivity contribution in [2.24, 2.45) is 0 Å². The molecule has 0 saturated carbocycles. The van der Waals surface area contributed by atoms with E-state index in [4.69, 9.17) is 10.5 Å². The summed E-state index contributed by atoms with van der Waals surface area (Å²) in [7, 11) is 0. The van der Waals surface area contributed by atoms with Crippen LogP contribution in [0.5, 0.6) is 5.75 Å². The molecule has 3 rings (SSSR count). The van der Waals surface area contributed by atoms with Crippen LogP contribution in [0.2, 0.25) is 0 Å². The molecule has 2 aromatic rings. The zero-order chi connectivity index (χ0) is 14.7. The summed E-state index contributed by atoms with van der Waals surface area (Å²) in [5, 5.41) is 0. The van der Waals surface area contributed by atoms with Crippen molar-refractivity contribution < 1.29 is 4.74 Å². The molecule has 2 N–H and O–H groups in total. The number of anilines is 2. The summed E-state index contributed by atoms with van der Waals surface area (Å²) in [5.41, 5.74) is 10.6. The van der Waals surface area contributed by atoms with E-state index in [9.17, 15) is 0 Å². The topological polar surface area (TPSA) is 38.5 Å². The molecule has 1 aliphatic heterocycles. The average molecular weight is 282 g/mol. The van der Waals surface area contributed by atoms with Gasteiger partial charge in [0.1, 0.15) is 12.4 Å². The monoisotopic (exact) mass is 282 g/mol. The zero-order valence-corrected chi connectivity index (χ0v) is 12.5. The van der Waals surface area contributed by atoms with Gasteiger partial charge in [-0.25, -0.2) is 0 Å². The van der Waals surface area contributed by atoms with E-state index in [1.807, 2.05) is 18.2 Å². The number of ether oxygens (including phenoxy) is 1. The number of hydrogen-bond acceptors (Lipinski definition) is 3. The molecule has 1 aliphatic rings. The Morgan fingerprint density at radius 1 is 1.19 bits per heavy atom. The first-order valence-corrected chi connectivity index (χ1v) is 7.55. The quantitative estimate of drug-likeness (QED) is 0.873. The minimum Gasteiger partial charge on any atom is -0.492 e. The third-order valence-corrected chi connectivity index (χ3v) is 3.94. The van der Waals surface area contributed by atoms with Crippen molar-refractivity contribution in [1.82, 2.24) is 0 Å². The van der Waals surface area contributed by atoms with Crippen LogP contribution in [-0.2, 0) is 6.42 Å². The Balaban J connectivity index is 1.63. The number of benzene rings is 2. The lowest BCUT2D eigenvalue weighted by Gasteiger charge is -2.31. The number of nitrogen functional groups attached to an aromatic ring is 1. The van der Waals surface area contributed by atoms with Gasteiger partial charge < -0.3 is 15.4 Å². The molecule has 0 amide bonds. The van der Waals surface area contributed by atoms with Gasteiger partial charge in [0.15, 0.2) is 0 Å². The minimum absolute atomic E-state index is 0.692. The highest BCUT2D eigenvalue weighted by Gasteiger charge is 2.16. The van der Waals surface area contributed by atoms with Gasteiger partial charge in [-0.1, -0.05) is 18.2 Å². The normalized spacial score (nSPS) is 13.9. The van der Waals surface area contributed by atoms with E-state index in [0.29, 0.717) is 6.61 Å². The molecule has 2 aromatic carbocycles. The standard InChI is InChI=1S/C18H22N2O/c1-14-4-2-6-17(12-14)21-11-10-20-9-3-5-15-7-8-16(19)13-18(15)20/h2,4,6-8,12-13H,3,5,9-11,19H2,1H3. The fraction of sp³-hybridized carbons (Fsp3) is 0.333. The highest BCUT2D eigenvalue weighted by molar-refractivity contribution is 5.62. The van der Waals surface area contributed by atoms with E-state index in [-0.39, 0.29) is 0 Å². The lowest BCUT2D eigenvalue weighted by Crippen LogP contribution is -2.33. The number of fused-ring (bicyclic) bond motifs is 1. The molecule has 0 spiro atoms. The molecular formula is C18H22N2O. The molecule has 3 nitrogen and oxygen atoms in total. The summed E-state index contributed by atoms with van der Waals surface area (Å²) >= 11 is 0. The van der Waals surface area contributed by atoms with E-state index < -0.39 is 0 Å². The second-order valence-corrected chi connectivity index (χ2v) is 5.64. The molecule has 0 aromatic heterocycles. The highest BCUT2D eigenvalue weighted by atomic mass is 16.5. The number of nitrogens with zero attached hydrogens (tertiary/aromatic N) is 1. The molecule has 21 heavy (non-hydrogen) atoms. The van der Waals surface area contributed by atoms with E-state index in [0.717, 1.165) is 30.9 Å². The van der Waals surface area contributed by atoms with Crippen molar-refractivity contribution in [2.45, 2.75) is 19.8 Å². The molecule has 0 fully saturated rings. The molecule has 0 aliphatic carbocycles. The largest absolute Gasteiger partial charge is 0.492 e. The maximum atomic E-state index is 5.92. The van der Waals surface area contributed by atoms with Gasteiger partial charge in [0.25, 0.3) is 0 Å². The third-order valence-electron chi connectivity index (χ3n) is 3.94. The first kappa shape index (κ1) is 13.8. The van der Waals surface area contributed by atoms with Crippen LogP contribution in [0.15, 0.2) is 42.5 Å². The molecular weight excluding hydrogens is 260 g/mol. The second-order valence-electron chi connectivity index (χ2n) is 5.64. The lowest BCUT2D eigenvalue weighted by molar-refractivity contribution is 0.322. The molecule has 0 radical (unpaired) electrons. The van der Waals surface area contributed by atoms with Crippen LogP contribution in [0, 0.1) is 6.92 Å². The van der Waals surface area contributed by atoms with Gasteiger partial charge >= 0.3 is 0 Å². The second kappa shape index (κ2) is 6.08. The van der Waals surface area contributed by atoms with Crippen molar-refractivity contribution in [2.75, 3.05) is 30.3 Å². The Bertz CT molecular complexity index is 624. The smallest absolute Gasteiger partial charge is 0.119 e. The van der Waals surface area contributed by atoms with E-state index >= 15 is 0 Å². The van der Waals surface area contributed by atoms with Crippen LogP contribution in [0.3, 0.4) is 0 Å². The van der Waals surface area contributed by atoms with Gasteiger partial charge in [0.2, 0.25) is 0 Å². The number of rotatable bonds is 4. The Kier molecular flexibility index (Phi) is 4.00. The summed E-state index contributed by atoms with van der Waals surface area (Å²) in [6.07, 6.45) is 2.34. The Morgan fingerprint density at radius 3 is 2.95 bits per heavy atom. The van der Waals surface area contributed by atoms with Gasteiger partial charge in [-0.05, 0) is 55.2 Å². The summed E-state index contributed by atoms with van der Waals surface area (Å²) in [6, 6.07) is 14.4. The lowest BCUT2D eigenvalue weighted by atomic mass is 10.0.